The van der Waals surface area contributed by atoms with Crippen molar-refractivity contribution in [2.24, 2.45) is 0 Å². The molecule has 0 saturated heterocycles. The maximum Gasteiger partial charge on any atom is 0.339 e. The van der Waals surface area contributed by atoms with Crippen LogP contribution in [0.2, 0.25) is 5.02 Å². The van der Waals surface area contributed by atoms with E-state index in [4.69, 9.17) is 21.4 Å². The maximum atomic E-state index is 11.1. The fourth-order valence-corrected chi connectivity index (χ4v) is 2.22. The van der Waals surface area contributed by atoms with Gasteiger partial charge in [-0.2, -0.15) is 0 Å². The normalized spacial score (nSPS) is 14.1. The monoisotopic (exact) mass is 255 g/mol. The molecule has 0 aromatic heterocycles. The molecule has 2 rings (SSSR count). The Morgan fingerprint density at radius 3 is 3.00 bits per heavy atom. The fraction of sp³-hybridized carbons (Fsp3) is 0.417. The first kappa shape index (κ1) is 12.0. The molecule has 1 heterocycles. The Morgan fingerprint density at radius 2 is 2.35 bits per heavy atom. The molecule has 0 bridgehead atoms. The summed E-state index contributed by atoms with van der Waals surface area (Å²) in [7, 11) is 0. The van der Waals surface area contributed by atoms with Crippen molar-refractivity contribution in [3.05, 3.63) is 22.7 Å². The van der Waals surface area contributed by atoms with Crippen LogP contribution in [0.1, 0.15) is 23.7 Å². The van der Waals surface area contributed by atoms with Gasteiger partial charge in [0.15, 0.2) is 5.75 Å². The third kappa shape index (κ3) is 2.31. The summed E-state index contributed by atoms with van der Waals surface area (Å²) in [5.74, 6) is -0.580. The first-order chi connectivity index (χ1) is 8.13. The van der Waals surface area contributed by atoms with E-state index in [1.807, 2.05) is 0 Å². The zero-order chi connectivity index (χ0) is 12.4. The molecule has 0 unspecified atom stereocenters. The molecule has 0 fully saturated rings. The van der Waals surface area contributed by atoms with Crippen molar-refractivity contribution < 1.29 is 14.6 Å². The number of nitrogens with zero attached hydrogens (tertiary/aromatic N) is 1. The van der Waals surface area contributed by atoms with Crippen molar-refractivity contribution in [1.82, 2.24) is 0 Å². The van der Waals surface area contributed by atoms with Crippen LogP contribution in [0.4, 0.5) is 5.69 Å². The van der Waals surface area contributed by atoms with E-state index >= 15 is 0 Å². The molecule has 17 heavy (non-hydrogen) atoms. The molecule has 0 amide bonds. The van der Waals surface area contributed by atoms with Gasteiger partial charge in [-0.05, 0) is 18.6 Å². The van der Waals surface area contributed by atoms with Crippen LogP contribution in [0, 0.1) is 0 Å². The van der Waals surface area contributed by atoms with Crippen LogP contribution < -0.4 is 9.64 Å². The number of ether oxygens (including phenoxy) is 1. The number of anilines is 1. The molecule has 5 heteroatoms. The molecule has 4 nitrogen and oxygen atoms in total. The maximum absolute atomic E-state index is 11.1. The van der Waals surface area contributed by atoms with Gasteiger partial charge in [-0.15, -0.1) is 0 Å². The molecule has 92 valence electrons. The average Bonchev–Trinajstić information content (AvgIpc) is 2.29. The zero-order valence-corrected chi connectivity index (χ0v) is 10.3. The van der Waals surface area contributed by atoms with Crippen LogP contribution in [0.5, 0.6) is 5.75 Å². The van der Waals surface area contributed by atoms with Gasteiger partial charge >= 0.3 is 5.97 Å². The highest BCUT2D eigenvalue weighted by Crippen LogP contribution is 2.37. The average molecular weight is 256 g/mol. The molecular weight excluding hydrogens is 242 g/mol. The minimum absolute atomic E-state index is 0.133. The van der Waals surface area contributed by atoms with Crippen LogP contribution in [0.3, 0.4) is 0 Å². The molecular formula is C12H14ClNO3. The first-order valence-electron chi connectivity index (χ1n) is 5.58. The Balaban J connectivity index is 2.50. The van der Waals surface area contributed by atoms with Crippen LogP contribution in [0.15, 0.2) is 12.1 Å². The molecule has 0 radical (unpaired) electrons. The Bertz CT molecular complexity index is 448. The topological polar surface area (TPSA) is 49.8 Å². The highest BCUT2D eigenvalue weighted by molar-refractivity contribution is 6.31. The second kappa shape index (κ2) is 4.84. The van der Waals surface area contributed by atoms with Gasteiger partial charge in [0.05, 0.1) is 12.2 Å². The third-order valence-electron chi connectivity index (χ3n) is 2.71. The quantitative estimate of drug-likeness (QED) is 0.902. The standard InChI is InChI=1S/C12H14ClNO3/c1-2-3-14-4-5-17-11-9(12(15)16)6-8(13)7-10(11)14/h6-7H,2-5H2,1H3,(H,15,16). The Morgan fingerprint density at radius 1 is 1.59 bits per heavy atom. The number of hydrogen-bond donors (Lipinski definition) is 1. The second-order valence-corrected chi connectivity index (χ2v) is 4.38. The number of aromatic carboxylic acids is 1. The summed E-state index contributed by atoms with van der Waals surface area (Å²) in [6, 6.07) is 3.19. The number of carbonyl (C=O) groups is 1. The van der Waals surface area contributed by atoms with Crippen molar-refractivity contribution in [1.29, 1.82) is 0 Å². The molecule has 0 aliphatic carbocycles. The number of carboxylic acids is 1. The second-order valence-electron chi connectivity index (χ2n) is 3.94. The predicted octanol–water partition coefficient (Wildman–Crippen LogP) is 2.65. The van der Waals surface area contributed by atoms with Gasteiger partial charge in [-0.1, -0.05) is 18.5 Å². The molecule has 0 saturated carbocycles. The van der Waals surface area contributed by atoms with Crippen LogP contribution in [-0.4, -0.2) is 30.8 Å². The first-order valence-corrected chi connectivity index (χ1v) is 5.96. The molecule has 1 aromatic carbocycles. The number of fused-ring (bicyclic) bond motifs is 1. The van der Waals surface area contributed by atoms with Gasteiger partial charge in [-0.25, -0.2) is 4.79 Å². The van der Waals surface area contributed by atoms with Gasteiger partial charge < -0.3 is 14.7 Å². The number of carboxylic acid groups (broad SMARTS) is 1. The molecule has 0 spiro atoms. The van der Waals surface area contributed by atoms with E-state index in [0.717, 1.165) is 25.2 Å². The number of halogens is 1. The van der Waals surface area contributed by atoms with Gasteiger partial charge in [0.25, 0.3) is 0 Å². The van der Waals surface area contributed by atoms with Crippen molar-refractivity contribution >= 4 is 23.3 Å². The lowest BCUT2D eigenvalue weighted by atomic mass is 10.1. The van der Waals surface area contributed by atoms with E-state index < -0.39 is 5.97 Å². The Labute approximate surface area is 105 Å². The van der Waals surface area contributed by atoms with Crippen molar-refractivity contribution in [2.45, 2.75) is 13.3 Å². The van der Waals surface area contributed by atoms with E-state index in [0.29, 0.717) is 17.4 Å². The number of rotatable bonds is 3. The summed E-state index contributed by atoms with van der Waals surface area (Å²) >= 11 is 5.95. The number of benzene rings is 1. The van der Waals surface area contributed by atoms with Gasteiger partial charge in [0.1, 0.15) is 12.2 Å². The fourth-order valence-electron chi connectivity index (χ4n) is 2.01. The van der Waals surface area contributed by atoms with Crippen molar-refractivity contribution in [3.63, 3.8) is 0 Å². The van der Waals surface area contributed by atoms with Crippen molar-refractivity contribution in [3.8, 4) is 5.75 Å². The lowest BCUT2D eigenvalue weighted by Gasteiger charge is -2.31. The third-order valence-corrected chi connectivity index (χ3v) is 2.92. The molecule has 1 aliphatic rings. The summed E-state index contributed by atoms with van der Waals surface area (Å²) in [5.41, 5.74) is 0.913. The van der Waals surface area contributed by atoms with Gasteiger partial charge in [0.2, 0.25) is 0 Å². The zero-order valence-electron chi connectivity index (χ0n) is 9.57. The lowest BCUT2D eigenvalue weighted by molar-refractivity contribution is 0.0692. The minimum Gasteiger partial charge on any atom is -0.489 e. The van der Waals surface area contributed by atoms with E-state index in [2.05, 4.69) is 11.8 Å². The summed E-state index contributed by atoms with van der Waals surface area (Å²) in [4.78, 5) is 13.2. The van der Waals surface area contributed by atoms with Crippen LogP contribution >= 0.6 is 11.6 Å². The summed E-state index contributed by atoms with van der Waals surface area (Å²) in [5, 5.41) is 9.55. The number of hydrogen-bond acceptors (Lipinski definition) is 3. The van der Waals surface area contributed by atoms with E-state index in [9.17, 15) is 4.79 Å². The minimum atomic E-state index is -1.01. The molecule has 1 aliphatic heterocycles. The summed E-state index contributed by atoms with van der Waals surface area (Å²) < 4.78 is 5.47. The van der Waals surface area contributed by atoms with E-state index in [1.165, 1.54) is 6.07 Å². The van der Waals surface area contributed by atoms with E-state index in [-0.39, 0.29) is 5.56 Å². The highest BCUT2D eigenvalue weighted by Gasteiger charge is 2.24. The summed E-state index contributed by atoms with van der Waals surface area (Å²) in [6.45, 7) is 4.22. The summed E-state index contributed by atoms with van der Waals surface area (Å²) in [6.07, 6.45) is 0.994. The van der Waals surface area contributed by atoms with Gasteiger partial charge in [-0.3, -0.25) is 0 Å². The largest absolute Gasteiger partial charge is 0.489 e. The molecule has 0 atom stereocenters. The highest BCUT2D eigenvalue weighted by atomic mass is 35.5. The molecule has 1 aromatic rings. The smallest absolute Gasteiger partial charge is 0.339 e. The predicted molar refractivity (Wildman–Crippen MR) is 66.4 cm³/mol. The molecule has 1 N–H and O–H groups in total. The SMILES string of the molecule is CCCN1CCOc2c(C(=O)O)cc(Cl)cc21. The van der Waals surface area contributed by atoms with Crippen molar-refractivity contribution in [2.75, 3.05) is 24.6 Å². The van der Waals surface area contributed by atoms with Gasteiger partial charge in [0, 0.05) is 11.6 Å². The lowest BCUT2D eigenvalue weighted by Crippen LogP contribution is -2.34. The van der Waals surface area contributed by atoms with E-state index in [1.54, 1.807) is 6.07 Å². The van der Waals surface area contributed by atoms with Crippen LogP contribution in [0.25, 0.3) is 0 Å². The Hall–Kier alpha value is -1.42. The Kier molecular flexibility index (Phi) is 3.43. The van der Waals surface area contributed by atoms with Crippen LogP contribution in [-0.2, 0) is 0 Å².